The van der Waals surface area contributed by atoms with Gasteiger partial charge in [-0.3, -0.25) is 4.40 Å². The molecule has 5 heterocycles. The Balaban J connectivity index is 1.59. The molecule has 0 amide bonds. The van der Waals surface area contributed by atoms with Gasteiger partial charge in [-0.2, -0.15) is 0 Å². The first kappa shape index (κ1) is 34.6. The molecule has 8 nitrogen and oxygen atoms in total. The third-order valence-corrected chi connectivity index (χ3v) is 9.70. The number of hydrogen-bond donors (Lipinski definition) is 1. The van der Waals surface area contributed by atoms with E-state index < -0.39 is 17.7 Å². The largest absolute Gasteiger partial charge is 0.490 e. The highest BCUT2D eigenvalue weighted by Crippen LogP contribution is 2.42. The summed E-state index contributed by atoms with van der Waals surface area (Å²) in [6, 6.07) is 12.5. The van der Waals surface area contributed by atoms with Crippen LogP contribution in [0.2, 0.25) is 0 Å². The van der Waals surface area contributed by atoms with Crippen molar-refractivity contribution < 1.29 is 28.5 Å². The molecule has 260 valence electrons. The van der Waals surface area contributed by atoms with Gasteiger partial charge in [0.25, 0.3) is 0 Å². The highest BCUT2D eigenvalue weighted by atomic mass is 19.1. The maximum atomic E-state index is 14.7. The van der Waals surface area contributed by atoms with Crippen LogP contribution in [0.25, 0.3) is 34.1 Å². The molecule has 1 saturated heterocycles. The molecule has 2 aromatic carbocycles. The summed E-state index contributed by atoms with van der Waals surface area (Å²) in [5.41, 5.74) is 4.74. The molecule has 2 aromatic heterocycles. The summed E-state index contributed by atoms with van der Waals surface area (Å²) < 4.78 is 35.9. The van der Waals surface area contributed by atoms with Gasteiger partial charge in [-0.25, -0.2) is 14.2 Å². The molecule has 0 spiro atoms. The number of fused-ring (bicyclic) bond motifs is 8. The molecule has 9 heteroatoms. The standard InChI is InChI=1S/C40H48FN3O5/c1-8-30-26(3)34(35(38(45)46)49-39(4,5)6)37-43-19-17-40(7,18-20-43)47-21-10-9-12-25(2)48-33-16-15-29(41)23-31(33)27-13-11-14-28(22-27)32-24-44(37)36(30)42-32/h8,11,13-16,22-25,35H,1,9-10,12,17-21H2,2-7H3,(H,45,46)/t25-,35+/m1/s1. The predicted octanol–water partition coefficient (Wildman–Crippen LogP) is 9.03. The van der Waals surface area contributed by atoms with Crippen molar-refractivity contribution in [3.05, 3.63) is 77.7 Å². The molecule has 3 aliphatic heterocycles. The summed E-state index contributed by atoms with van der Waals surface area (Å²) in [4.78, 5) is 20.4. The van der Waals surface area contributed by atoms with Gasteiger partial charge in [0.1, 0.15) is 23.0 Å². The zero-order valence-corrected chi connectivity index (χ0v) is 29.5. The Kier molecular flexibility index (Phi) is 9.61. The van der Waals surface area contributed by atoms with Gasteiger partial charge in [-0.15, -0.1) is 0 Å². The van der Waals surface area contributed by atoms with Crippen LogP contribution in [-0.2, 0) is 14.3 Å². The molecular formula is C40H48FN3O5. The molecule has 4 aromatic rings. The fourth-order valence-corrected chi connectivity index (χ4v) is 7.09. The molecule has 1 N–H and O–H groups in total. The number of benzene rings is 2. The van der Waals surface area contributed by atoms with Crippen LogP contribution in [0, 0.1) is 12.7 Å². The smallest absolute Gasteiger partial charge is 0.337 e. The lowest BCUT2D eigenvalue weighted by Crippen LogP contribution is -2.45. The van der Waals surface area contributed by atoms with E-state index in [9.17, 15) is 14.3 Å². The first-order chi connectivity index (χ1) is 23.3. The molecule has 7 rings (SSSR count). The summed E-state index contributed by atoms with van der Waals surface area (Å²) >= 11 is 0. The molecule has 0 saturated carbocycles. The van der Waals surface area contributed by atoms with Crippen LogP contribution in [0.4, 0.5) is 10.2 Å². The van der Waals surface area contributed by atoms with Crippen molar-refractivity contribution >= 4 is 23.5 Å². The minimum atomic E-state index is -1.23. The highest BCUT2D eigenvalue weighted by Gasteiger charge is 2.38. The lowest BCUT2D eigenvalue weighted by Gasteiger charge is -2.42. The second-order valence-corrected chi connectivity index (χ2v) is 14.7. The van der Waals surface area contributed by atoms with Gasteiger partial charge in [-0.05, 0) is 109 Å². The highest BCUT2D eigenvalue weighted by molar-refractivity contribution is 5.84. The van der Waals surface area contributed by atoms with E-state index in [1.807, 2.05) is 62.6 Å². The lowest BCUT2D eigenvalue weighted by molar-refractivity contribution is -0.160. The minimum Gasteiger partial charge on any atom is -0.490 e. The Morgan fingerprint density at radius 1 is 1.16 bits per heavy atom. The molecule has 3 aliphatic rings. The van der Waals surface area contributed by atoms with Crippen molar-refractivity contribution in [2.45, 2.75) is 97.1 Å². The number of carboxylic acids is 1. The Bertz CT molecular complexity index is 1870. The molecule has 0 unspecified atom stereocenters. The Morgan fingerprint density at radius 2 is 1.90 bits per heavy atom. The number of carbonyl (C=O) groups is 1. The Morgan fingerprint density at radius 3 is 2.59 bits per heavy atom. The van der Waals surface area contributed by atoms with Crippen LogP contribution in [0.5, 0.6) is 5.75 Å². The quantitative estimate of drug-likeness (QED) is 0.232. The zero-order chi connectivity index (χ0) is 35.1. The average Bonchev–Trinajstić information content (AvgIpc) is 3.48. The summed E-state index contributed by atoms with van der Waals surface area (Å²) in [6.45, 7) is 17.9. The van der Waals surface area contributed by atoms with Crippen molar-refractivity contribution in [3.63, 3.8) is 0 Å². The molecule has 1 fully saturated rings. The van der Waals surface area contributed by atoms with Gasteiger partial charge < -0.3 is 24.2 Å². The fourth-order valence-electron chi connectivity index (χ4n) is 7.09. The topological polar surface area (TPSA) is 85.5 Å². The number of piperidine rings is 1. The number of hydrogen-bond acceptors (Lipinski definition) is 6. The molecule has 6 bridgehead atoms. The van der Waals surface area contributed by atoms with Crippen LogP contribution in [0.1, 0.15) is 89.5 Å². The summed E-state index contributed by atoms with van der Waals surface area (Å²) in [5, 5.41) is 10.6. The first-order valence-corrected chi connectivity index (χ1v) is 17.3. The number of rotatable bonds is 4. The summed E-state index contributed by atoms with van der Waals surface area (Å²) in [6.07, 6.45) is 6.68. The predicted molar refractivity (Wildman–Crippen MR) is 192 cm³/mol. The number of aromatic nitrogens is 2. The van der Waals surface area contributed by atoms with Crippen LogP contribution in [-0.4, -0.2) is 57.5 Å². The normalized spacial score (nSPS) is 20.9. The summed E-state index contributed by atoms with van der Waals surface area (Å²) in [5.74, 6) is -0.0305. The number of carboxylic acid groups (broad SMARTS) is 1. The second kappa shape index (κ2) is 13.6. The molecule has 0 aliphatic carbocycles. The number of pyridine rings is 1. The lowest BCUT2D eigenvalue weighted by atomic mass is 9.91. The van der Waals surface area contributed by atoms with Crippen molar-refractivity contribution in [3.8, 4) is 28.1 Å². The molecule has 2 atom stereocenters. The number of aliphatic carboxylic acids is 1. The van der Waals surface area contributed by atoms with E-state index in [4.69, 9.17) is 19.2 Å². The van der Waals surface area contributed by atoms with E-state index in [0.717, 1.165) is 60.2 Å². The van der Waals surface area contributed by atoms with Crippen LogP contribution < -0.4 is 9.64 Å². The van der Waals surface area contributed by atoms with Crippen molar-refractivity contribution in [2.24, 2.45) is 0 Å². The third-order valence-electron chi connectivity index (χ3n) is 9.70. The maximum Gasteiger partial charge on any atom is 0.337 e. The number of nitrogens with zero attached hydrogens (tertiary/aromatic N) is 3. The number of imidazole rings is 1. The van der Waals surface area contributed by atoms with Gasteiger partial charge in [0.15, 0.2) is 6.10 Å². The van der Waals surface area contributed by atoms with E-state index in [0.29, 0.717) is 47.9 Å². The first-order valence-electron chi connectivity index (χ1n) is 17.3. The number of anilines is 1. The van der Waals surface area contributed by atoms with Crippen LogP contribution in [0.3, 0.4) is 0 Å². The van der Waals surface area contributed by atoms with E-state index in [-0.39, 0.29) is 17.5 Å². The SMILES string of the molecule is C=Cc1c(C)c([C@H](OC(C)(C)C)C(=O)O)c2n3cc(nc13)-c1cccc(c1)-c1cc(F)ccc1O[C@H](C)CCCCOC1(C)CCN2CC1. The van der Waals surface area contributed by atoms with Gasteiger partial charge in [-0.1, -0.05) is 30.9 Å². The molecule has 49 heavy (non-hydrogen) atoms. The van der Waals surface area contributed by atoms with E-state index in [1.54, 1.807) is 12.1 Å². The Hall–Kier alpha value is -4.21. The van der Waals surface area contributed by atoms with Gasteiger partial charge in [0.05, 0.1) is 23.0 Å². The van der Waals surface area contributed by atoms with Gasteiger partial charge >= 0.3 is 5.97 Å². The zero-order valence-electron chi connectivity index (χ0n) is 29.5. The van der Waals surface area contributed by atoms with Crippen LogP contribution in [0.15, 0.2) is 55.2 Å². The maximum absolute atomic E-state index is 14.7. The van der Waals surface area contributed by atoms with Crippen LogP contribution >= 0.6 is 0 Å². The van der Waals surface area contributed by atoms with Crippen molar-refractivity contribution in [1.29, 1.82) is 0 Å². The van der Waals surface area contributed by atoms with Gasteiger partial charge in [0.2, 0.25) is 0 Å². The third kappa shape index (κ3) is 7.24. The molecular weight excluding hydrogens is 621 g/mol. The van der Waals surface area contributed by atoms with Gasteiger partial charge in [0, 0.05) is 48.1 Å². The van der Waals surface area contributed by atoms with Crippen molar-refractivity contribution in [1.82, 2.24) is 9.38 Å². The fraction of sp³-hybridized carbons (Fsp3) is 0.450. The Labute approximate surface area is 288 Å². The number of ether oxygens (including phenoxy) is 3. The summed E-state index contributed by atoms with van der Waals surface area (Å²) in [7, 11) is 0. The minimum absolute atomic E-state index is 0.0553. The monoisotopic (exact) mass is 669 g/mol. The van der Waals surface area contributed by atoms with Crippen molar-refractivity contribution in [2.75, 3.05) is 24.6 Å². The van der Waals surface area contributed by atoms with E-state index in [1.165, 1.54) is 12.1 Å². The van der Waals surface area contributed by atoms with E-state index in [2.05, 4.69) is 25.3 Å². The molecule has 0 radical (unpaired) electrons. The average molecular weight is 670 g/mol. The van der Waals surface area contributed by atoms with E-state index >= 15 is 0 Å². The second-order valence-electron chi connectivity index (χ2n) is 14.7. The number of halogens is 1.